The van der Waals surface area contributed by atoms with Crippen LogP contribution in [0.4, 0.5) is 11.4 Å². The molecule has 7 atom stereocenters. The number of fused-ring (bicyclic) bond motifs is 1. The molecule has 208 valence electrons. The van der Waals surface area contributed by atoms with Gasteiger partial charge in [-0.2, -0.15) is 0 Å². The van der Waals surface area contributed by atoms with Gasteiger partial charge in [0, 0.05) is 41.1 Å². The fourth-order valence-electron chi connectivity index (χ4n) is 6.64. The molecule has 3 saturated heterocycles. The van der Waals surface area contributed by atoms with E-state index in [2.05, 4.69) is 41.3 Å². The highest BCUT2D eigenvalue weighted by atomic mass is 79.9. The van der Waals surface area contributed by atoms with Gasteiger partial charge in [-0.25, -0.2) is 0 Å². The number of benzene rings is 1. The minimum atomic E-state index is -1.01. The van der Waals surface area contributed by atoms with E-state index in [1.807, 2.05) is 38.1 Å². The topological polar surface area (TPSA) is 101 Å². The van der Waals surface area contributed by atoms with Gasteiger partial charge in [0.25, 0.3) is 5.91 Å². The van der Waals surface area contributed by atoms with Crippen LogP contribution in [-0.2, 0) is 14.4 Å². The number of thioether (sulfide) groups is 1. The molecule has 0 aromatic heterocycles. The van der Waals surface area contributed by atoms with Crippen LogP contribution in [0.2, 0.25) is 0 Å². The number of aliphatic hydroxyl groups excluding tert-OH is 1. The smallest absolute Gasteiger partial charge is 0.308 e. The fraction of sp³-hybridized carbons (Fsp3) is 0.607. The number of anilines is 2. The van der Waals surface area contributed by atoms with E-state index in [4.69, 9.17) is 0 Å². The summed E-state index contributed by atoms with van der Waals surface area (Å²) in [6, 6.07) is 6.28. The van der Waals surface area contributed by atoms with E-state index in [9.17, 15) is 24.6 Å². The van der Waals surface area contributed by atoms with E-state index in [-0.39, 0.29) is 41.0 Å². The first-order chi connectivity index (χ1) is 18.1. The first kappa shape index (κ1) is 29.0. The Morgan fingerprint density at radius 2 is 1.84 bits per heavy atom. The number of carboxylic acid groups (broad SMARTS) is 1. The summed E-state index contributed by atoms with van der Waals surface area (Å²) in [6.45, 7) is 13.5. The average molecular weight is 609 g/mol. The second-order valence-electron chi connectivity index (χ2n) is 10.7. The van der Waals surface area contributed by atoms with Crippen LogP contribution in [0.3, 0.4) is 0 Å². The molecule has 4 rings (SSSR count). The van der Waals surface area contributed by atoms with Gasteiger partial charge in [0.05, 0.1) is 29.2 Å². The zero-order valence-electron chi connectivity index (χ0n) is 22.4. The average Bonchev–Trinajstić information content (AvgIpc) is 3.47. The molecule has 0 radical (unpaired) electrons. The molecule has 2 amide bonds. The Hall–Kier alpha value is -2.04. The van der Waals surface area contributed by atoms with E-state index in [0.717, 1.165) is 18.8 Å². The first-order valence-electron chi connectivity index (χ1n) is 13.3. The number of carbonyl (C=O) groups is 3. The number of carboxylic acids is 1. The lowest BCUT2D eigenvalue weighted by Gasteiger charge is -2.41. The molecular formula is C28H38BrN3O5S. The maximum Gasteiger partial charge on any atom is 0.308 e. The van der Waals surface area contributed by atoms with E-state index in [0.29, 0.717) is 12.1 Å². The molecule has 3 unspecified atom stereocenters. The highest BCUT2D eigenvalue weighted by Crippen LogP contribution is 2.68. The summed E-state index contributed by atoms with van der Waals surface area (Å²) < 4.78 is -0.890. The lowest BCUT2D eigenvalue weighted by molar-refractivity contribution is -0.149. The van der Waals surface area contributed by atoms with E-state index in [1.54, 1.807) is 11.0 Å². The Balaban J connectivity index is 1.81. The third-order valence-corrected chi connectivity index (χ3v) is 11.6. The summed E-state index contributed by atoms with van der Waals surface area (Å²) in [5.41, 5.74) is 1.74. The first-order valence-corrected chi connectivity index (χ1v) is 15.1. The van der Waals surface area contributed by atoms with Crippen molar-refractivity contribution in [2.24, 2.45) is 17.8 Å². The van der Waals surface area contributed by atoms with E-state index >= 15 is 0 Å². The zero-order chi connectivity index (χ0) is 27.9. The van der Waals surface area contributed by atoms with Crippen LogP contribution in [0.1, 0.15) is 34.1 Å². The van der Waals surface area contributed by atoms with Crippen molar-refractivity contribution in [2.75, 3.05) is 36.0 Å². The number of halogens is 1. The van der Waals surface area contributed by atoms with Crippen LogP contribution in [0, 0.1) is 17.8 Å². The number of hydrogen-bond donors (Lipinski definition) is 2. The SMILES string of the molecule is C=CCN(C(=O)C1N([C@@H](CO)C(C)C)C(=O)[C@@H]2[C@@H](C(=O)O)[C@@H]3SC12CC3Br)c1ccc(N(CC)CC)cc1. The molecule has 0 aliphatic carbocycles. The second-order valence-corrected chi connectivity index (χ2v) is 13.4. The van der Waals surface area contributed by atoms with Crippen molar-refractivity contribution in [3.05, 3.63) is 36.9 Å². The number of hydrogen-bond acceptors (Lipinski definition) is 6. The Kier molecular flexibility index (Phi) is 8.55. The molecule has 2 bridgehead atoms. The van der Waals surface area contributed by atoms with Crippen molar-refractivity contribution in [3.63, 3.8) is 0 Å². The van der Waals surface area contributed by atoms with Crippen LogP contribution in [0.15, 0.2) is 36.9 Å². The lowest BCUT2D eigenvalue weighted by atomic mass is 9.71. The number of carbonyl (C=O) groups excluding carboxylic acids is 2. The molecule has 38 heavy (non-hydrogen) atoms. The Morgan fingerprint density at radius 3 is 2.34 bits per heavy atom. The Bertz CT molecular complexity index is 1080. The summed E-state index contributed by atoms with van der Waals surface area (Å²) in [6.07, 6.45) is 2.17. The predicted octanol–water partition coefficient (Wildman–Crippen LogP) is 3.62. The standard InChI is InChI=1S/C28H38BrN3O5S/c1-6-13-31(18-11-9-17(10-12-18)30(7-2)8-3)26(35)24-28-14-19(29)23(38-28)21(27(36)37)22(28)25(34)32(24)20(15-33)16(4)5/h6,9-12,16,19-24,33H,1,7-8,13-15H2,2-5H3,(H,36,37)/t19?,20-,21+,22-,23+,24?,28?/m0/s1. The summed E-state index contributed by atoms with van der Waals surface area (Å²) in [5.74, 6) is -3.46. The van der Waals surface area contributed by atoms with Gasteiger partial charge in [-0.15, -0.1) is 18.3 Å². The molecule has 3 heterocycles. The maximum absolute atomic E-state index is 14.6. The Labute approximate surface area is 237 Å². The van der Waals surface area contributed by atoms with Gasteiger partial charge in [-0.1, -0.05) is 35.9 Å². The van der Waals surface area contributed by atoms with Gasteiger partial charge in [-0.05, 0) is 50.5 Å². The molecule has 1 spiro atoms. The number of likely N-dealkylation sites (tertiary alicyclic amines) is 1. The van der Waals surface area contributed by atoms with Gasteiger partial charge < -0.3 is 24.9 Å². The summed E-state index contributed by atoms with van der Waals surface area (Å²) >= 11 is 5.14. The molecular weight excluding hydrogens is 570 g/mol. The van der Waals surface area contributed by atoms with Gasteiger partial charge in [0.1, 0.15) is 6.04 Å². The molecule has 10 heteroatoms. The van der Waals surface area contributed by atoms with Crippen molar-refractivity contribution in [2.45, 2.75) is 61.0 Å². The third kappa shape index (κ3) is 4.46. The highest BCUT2D eigenvalue weighted by Gasteiger charge is 2.76. The van der Waals surface area contributed by atoms with Gasteiger partial charge in [0.2, 0.25) is 5.91 Å². The number of nitrogens with zero attached hydrogens (tertiary/aromatic N) is 3. The summed E-state index contributed by atoms with van der Waals surface area (Å²) in [4.78, 5) is 46.3. The van der Waals surface area contributed by atoms with Crippen LogP contribution in [-0.4, -0.2) is 86.0 Å². The van der Waals surface area contributed by atoms with Crippen molar-refractivity contribution < 1.29 is 24.6 Å². The van der Waals surface area contributed by atoms with Crippen molar-refractivity contribution in [1.29, 1.82) is 0 Å². The quantitative estimate of drug-likeness (QED) is 0.293. The third-order valence-electron chi connectivity index (χ3n) is 8.43. The molecule has 1 aromatic rings. The largest absolute Gasteiger partial charge is 0.481 e. The maximum atomic E-state index is 14.6. The van der Waals surface area contributed by atoms with Crippen LogP contribution in [0.25, 0.3) is 0 Å². The molecule has 0 saturated carbocycles. The summed E-state index contributed by atoms with van der Waals surface area (Å²) in [7, 11) is 0. The predicted molar refractivity (Wildman–Crippen MR) is 155 cm³/mol. The molecule has 3 aliphatic rings. The van der Waals surface area contributed by atoms with Crippen LogP contribution >= 0.6 is 27.7 Å². The minimum Gasteiger partial charge on any atom is -0.481 e. The van der Waals surface area contributed by atoms with Crippen LogP contribution in [0.5, 0.6) is 0 Å². The monoisotopic (exact) mass is 607 g/mol. The van der Waals surface area contributed by atoms with Crippen molar-refractivity contribution >= 4 is 56.9 Å². The van der Waals surface area contributed by atoms with Crippen molar-refractivity contribution in [3.8, 4) is 0 Å². The molecule has 1 aromatic carbocycles. The van der Waals surface area contributed by atoms with Crippen molar-refractivity contribution in [1.82, 2.24) is 4.90 Å². The summed E-state index contributed by atoms with van der Waals surface area (Å²) in [5, 5.41) is 20.2. The normalized spacial score (nSPS) is 30.4. The number of alkyl halides is 1. The molecule has 8 nitrogen and oxygen atoms in total. The Morgan fingerprint density at radius 1 is 1.24 bits per heavy atom. The number of aliphatic carboxylic acids is 1. The lowest BCUT2D eigenvalue weighted by Crippen LogP contribution is -2.58. The zero-order valence-corrected chi connectivity index (χ0v) is 24.8. The van der Waals surface area contributed by atoms with E-state index in [1.165, 1.54) is 16.7 Å². The van der Waals surface area contributed by atoms with Crippen LogP contribution < -0.4 is 9.80 Å². The fourth-order valence-corrected chi connectivity index (χ4v) is 10.2. The molecule has 2 N–H and O–H groups in total. The van der Waals surface area contributed by atoms with Gasteiger partial charge >= 0.3 is 5.97 Å². The number of amides is 2. The number of rotatable bonds is 11. The number of aliphatic hydroxyl groups is 1. The molecule has 3 fully saturated rings. The van der Waals surface area contributed by atoms with Gasteiger partial charge in [0.15, 0.2) is 0 Å². The molecule has 3 aliphatic heterocycles. The second kappa shape index (κ2) is 11.2. The van der Waals surface area contributed by atoms with Gasteiger partial charge in [-0.3, -0.25) is 14.4 Å². The minimum absolute atomic E-state index is 0.124. The van der Waals surface area contributed by atoms with E-state index < -0.39 is 34.6 Å². The highest BCUT2D eigenvalue weighted by molar-refractivity contribution is 9.09.